The van der Waals surface area contributed by atoms with Crippen molar-refractivity contribution in [3.8, 4) is 0 Å². The van der Waals surface area contributed by atoms with E-state index in [0.29, 0.717) is 35.8 Å². The zero-order valence-corrected chi connectivity index (χ0v) is 20.5. The molecule has 1 saturated heterocycles. The molecule has 3 aromatic rings. The van der Waals surface area contributed by atoms with Gasteiger partial charge in [-0.05, 0) is 67.4 Å². The molecular weight excluding hydrogens is 486 g/mol. The molecule has 0 spiro atoms. The van der Waals surface area contributed by atoms with Crippen molar-refractivity contribution in [3.05, 3.63) is 71.5 Å². The summed E-state index contributed by atoms with van der Waals surface area (Å²) >= 11 is 0. The smallest absolute Gasteiger partial charge is 0.228 e. The number of carbonyl (C=O) groups excluding carboxylic acids is 1. The normalized spacial score (nSPS) is 15.9. The number of hydrogen-bond donors (Lipinski definition) is 3. The van der Waals surface area contributed by atoms with E-state index >= 15 is 0 Å². The molecule has 2 aromatic carbocycles. The first-order chi connectivity index (χ1) is 16.5. The van der Waals surface area contributed by atoms with Gasteiger partial charge in [-0.3, -0.25) is 4.79 Å². The minimum absolute atomic E-state index is 0. The SMILES string of the molecule is Cl.O=C1Cc2c(C=Cc3cnc(Nc4ccc(S(=O)(=O)C5CCNCC5)cc4)nc3)cccc2N1. The quantitative estimate of drug-likeness (QED) is 0.461. The Hall–Kier alpha value is -3.27. The summed E-state index contributed by atoms with van der Waals surface area (Å²) in [6, 6.07) is 12.5. The molecule has 1 amide bonds. The number of sulfone groups is 1. The highest BCUT2D eigenvalue weighted by Crippen LogP contribution is 2.28. The lowest BCUT2D eigenvalue weighted by Gasteiger charge is -2.22. The zero-order chi connectivity index (χ0) is 23.5. The molecule has 10 heteroatoms. The predicted octanol–water partition coefficient (Wildman–Crippen LogP) is 3.83. The van der Waals surface area contributed by atoms with E-state index in [-0.39, 0.29) is 23.6 Å². The van der Waals surface area contributed by atoms with Gasteiger partial charge >= 0.3 is 0 Å². The van der Waals surface area contributed by atoms with E-state index in [4.69, 9.17) is 0 Å². The third-order valence-corrected chi connectivity index (χ3v) is 8.39. The highest BCUT2D eigenvalue weighted by atomic mass is 35.5. The molecule has 3 N–H and O–H groups in total. The fourth-order valence-electron chi connectivity index (χ4n) is 4.26. The van der Waals surface area contributed by atoms with Crippen LogP contribution in [0.1, 0.15) is 29.5 Å². The number of benzene rings is 2. The van der Waals surface area contributed by atoms with Crippen molar-refractivity contribution >= 4 is 57.6 Å². The second-order valence-corrected chi connectivity index (χ2v) is 10.6. The summed E-state index contributed by atoms with van der Waals surface area (Å²) in [5.41, 5.74) is 4.37. The van der Waals surface area contributed by atoms with Gasteiger partial charge in [0.2, 0.25) is 11.9 Å². The molecule has 5 rings (SSSR count). The third-order valence-electron chi connectivity index (χ3n) is 6.11. The average Bonchev–Trinajstić information content (AvgIpc) is 3.25. The Kier molecular flexibility index (Phi) is 7.49. The molecule has 2 aliphatic heterocycles. The molecule has 2 aliphatic rings. The first kappa shape index (κ1) is 24.8. The second kappa shape index (κ2) is 10.6. The zero-order valence-electron chi connectivity index (χ0n) is 18.9. The van der Waals surface area contributed by atoms with Crippen molar-refractivity contribution in [2.75, 3.05) is 23.7 Å². The van der Waals surface area contributed by atoms with Crippen molar-refractivity contribution in [3.63, 3.8) is 0 Å². The Morgan fingerprint density at radius 3 is 2.40 bits per heavy atom. The molecule has 1 aromatic heterocycles. The molecule has 35 heavy (non-hydrogen) atoms. The maximum atomic E-state index is 12.8. The van der Waals surface area contributed by atoms with Gasteiger partial charge in [-0.25, -0.2) is 18.4 Å². The number of amides is 1. The molecule has 0 aliphatic carbocycles. The summed E-state index contributed by atoms with van der Waals surface area (Å²) in [6.07, 6.45) is 8.92. The number of halogens is 1. The largest absolute Gasteiger partial charge is 0.326 e. The van der Waals surface area contributed by atoms with Gasteiger partial charge in [0.15, 0.2) is 9.84 Å². The summed E-state index contributed by atoms with van der Waals surface area (Å²) in [4.78, 5) is 20.7. The van der Waals surface area contributed by atoms with Gasteiger partial charge in [-0.15, -0.1) is 12.4 Å². The van der Waals surface area contributed by atoms with Gasteiger partial charge in [0.1, 0.15) is 0 Å². The summed E-state index contributed by atoms with van der Waals surface area (Å²) in [6.45, 7) is 1.47. The highest BCUT2D eigenvalue weighted by molar-refractivity contribution is 7.92. The summed E-state index contributed by atoms with van der Waals surface area (Å²) in [7, 11) is -3.32. The summed E-state index contributed by atoms with van der Waals surface area (Å²) in [5, 5.41) is 8.83. The monoisotopic (exact) mass is 511 g/mol. The van der Waals surface area contributed by atoms with Crippen molar-refractivity contribution in [1.82, 2.24) is 15.3 Å². The third kappa shape index (κ3) is 5.53. The first-order valence-corrected chi connectivity index (χ1v) is 12.8. The fourth-order valence-corrected chi connectivity index (χ4v) is 6.02. The highest BCUT2D eigenvalue weighted by Gasteiger charge is 2.28. The van der Waals surface area contributed by atoms with Gasteiger partial charge in [-0.1, -0.05) is 24.3 Å². The number of hydrogen-bond acceptors (Lipinski definition) is 7. The minimum atomic E-state index is -3.32. The molecule has 3 heterocycles. The second-order valence-electron chi connectivity index (χ2n) is 8.42. The van der Waals surface area contributed by atoms with E-state index in [9.17, 15) is 13.2 Å². The molecule has 0 radical (unpaired) electrons. The molecular formula is C25H26ClN5O3S. The van der Waals surface area contributed by atoms with Crippen LogP contribution in [0.2, 0.25) is 0 Å². The maximum Gasteiger partial charge on any atom is 0.228 e. The predicted molar refractivity (Wildman–Crippen MR) is 140 cm³/mol. The van der Waals surface area contributed by atoms with Crippen LogP contribution < -0.4 is 16.0 Å². The Balaban J connectivity index is 0.00000289. The Morgan fingerprint density at radius 1 is 0.971 bits per heavy atom. The Labute approximate surface area is 210 Å². The molecule has 0 unspecified atom stereocenters. The van der Waals surface area contributed by atoms with Crippen LogP contribution in [0.15, 0.2) is 59.8 Å². The number of rotatable bonds is 6. The van der Waals surface area contributed by atoms with Crippen LogP contribution in [0.4, 0.5) is 17.3 Å². The number of aromatic nitrogens is 2. The van der Waals surface area contributed by atoms with Crippen molar-refractivity contribution in [2.24, 2.45) is 0 Å². The number of anilines is 3. The molecule has 182 valence electrons. The van der Waals surface area contributed by atoms with Crippen molar-refractivity contribution in [2.45, 2.75) is 29.4 Å². The van der Waals surface area contributed by atoms with Crippen LogP contribution in [-0.2, 0) is 21.1 Å². The van der Waals surface area contributed by atoms with Crippen LogP contribution in [0.5, 0.6) is 0 Å². The number of piperidine rings is 1. The van der Waals surface area contributed by atoms with E-state index < -0.39 is 9.84 Å². The Bertz CT molecular complexity index is 1340. The van der Waals surface area contributed by atoms with Crippen molar-refractivity contribution in [1.29, 1.82) is 0 Å². The fraction of sp³-hybridized carbons (Fsp3) is 0.240. The first-order valence-electron chi connectivity index (χ1n) is 11.2. The lowest BCUT2D eigenvalue weighted by Crippen LogP contribution is -2.35. The van der Waals surface area contributed by atoms with E-state index in [1.54, 1.807) is 36.7 Å². The van der Waals surface area contributed by atoms with E-state index in [1.165, 1.54) is 0 Å². The van der Waals surface area contributed by atoms with E-state index in [2.05, 4.69) is 25.9 Å². The number of fused-ring (bicyclic) bond motifs is 1. The van der Waals surface area contributed by atoms with Crippen LogP contribution in [0, 0.1) is 0 Å². The van der Waals surface area contributed by atoms with Gasteiger partial charge in [0.25, 0.3) is 0 Å². The lowest BCUT2D eigenvalue weighted by atomic mass is 10.0. The Morgan fingerprint density at radius 2 is 1.69 bits per heavy atom. The van der Waals surface area contributed by atoms with Gasteiger partial charge in [0, 0.05) is 29.3 Å². The molecule has 8 nitrogen and oxygen atoms in total. The van der Waals surface area contributed by atoms with Crippen molar-refractivity contribution < 1.29 is 13.2 Å². The summed E-state index contributed by atoms with van der Waals surface area (Å²) in [5.74, 6) is 0.424. The number of nitrogens with one attached hydrogen (secondary N) is 3. The molecule has 0 saturated carbocycles. The van der Waals surface area contributed by atoms with Gasteiger partial charge in [0.05, 0.1) is 16.6 Å². The molecule has 0 bridgehead atoms. The summed E-state index contributed by atoms with van der Waals surface area (Å²) < 4.78 is 25.7. The number of carbonyl (C=O) groups is 1. The maximum absolute atomic E-state index is 12.8. The van der Waals surface area contributed by atoms with Gasteiger partial charge in [-0.2, -0.15) is 0 Å². The van der Waals surface area contributed by atoms with E-state index in [1.807, 2.05) is 30.4 Å². The van der Waals surface area contributed by atoms with Crippen LogP contribution in [0.25, 0.3) is 12.2 Å². The van der Waals surface area contributed by atoms with E-state index in [0.717, 1.165) is 35.5 Å². The van der Waals surface area contributed by atoms with Crippen LogP contribution in [-0.4, -0.2) is 42.6 Å². The average molecular weight is 512 g/mol. The minimum Gasteiger partial charge on any atom is -0.326 e. The standard InChI is InChI=1S/C25H25N5O3S.ClH/c31-24-14-22-18(2-1-3-23(22)30-24)5-4-17-15-27-25(28-16-17)29-19-6-8-20(9-7-19)34(32,33)21-10-12-26-13-11-21;/h1-9,15-16,21,26H,10-14H2,(H,30,31)(H,27,28,29);1H. The molecule has 0 atom stereocenters. The van der Waals surface area contributed by atoms with Gasteiger partial charge < -0.3 is 16.0 Å². The number of nitrogens with zero attached hydrogens (tertiary/aromatic N) is 2. The molecule has 1 fully saturated rings. The topological polar surface area (TPSA) is 113 Å². The van der Waals surface area contributed by atoms with Crippen LogP contribution in [0.3, 0.4) is 0 Å². The van der Waals surface area contributed by atoms with Crippen LogP contribution >= 0.6 is 12.4 Å². The lowest BCUT2D eigenvalue weighted by molar-refractivity contribution is -0.115.